The highest BCUT2D eigenvalue weighted by Crippen LogP contribution is 2.34. The quantitative estimate of drug-likeness (QED) is 0.329. The zero-order valence-corrected chi connectivity index (χ0v) is 14.4. The number of hydrogen-bond acceptors (Lipinski definition) is 5. The van der Waals surface area contributed by atoms with Crippen LogP contribution in [0.1, 0.15) is 46.5 Å². The summed E-state index contributed by atoms with van der Waals surface area (Å²) in [4.78, 5) is 24.9. The minimum absolute atomic E-state index is 0.138. The van der Waals surface area contributed by atoms with Gasteiger partial charge in [-0.2, -0.15) is 0 Å². The third-order valence-corrected chi connectivity index (χ3v) is 5.41. The molecule has 0 saturated heterocycles. The van der Waals surface area contributed by atoms with Crippen LogP contribution >= 0.6 is 21.6 Å². The summed E-state index contributed by atoms with van der Waals surface area (Å²) in [7, 11) is 5.10. The molecule has 0 bridgehead atoms. The molecule has 0 aliphatic carbocycles. The van der Waals surface area contributed by atoms with E-state index in [-0.39, 0.29) is 5.97 Å². The van der Waals surface area contributed by atoms with Gasteiger partial charge in [-0.25, -0.2) is 0 Å². The number of hydrogen-bond donors (Lipinski definition) is 0. The Labute approximate surface area is 130 Å². The number of ether oxygens (including phenoxy) is 1. The first kappa shape index (κ1) is 19.4. The van der Waals surface area contributed by atoms with Gasteiger partial charge < -0.3 is 9.64 Å². The van der Waals surface area contributed by atoms with E-state index in [1.165, 1.54) is 0 Å². The Kier molecular flexibility index (Phi) is 11.8. The predicted molar refractivity (Wildman–Crippen MR) is 87.4 cm³/mol. The molecule has 0 radical (unpaired) electrons. The van der Waals surface area contributed by atoms with Gasteiger partial charge in [-0.05, 0) is 13.3 Å². The van der Waals surface area contributed by atoms with Gasteiger partial charge in [-0.1, -0.05) is 41.9 Å². The maximum absolute atomic E-state index is 11.4. The smallest absolute Gasteiger partial charge is 0.305 e. The molecule has 0 saturated carbocycles. The van der Waals surface area contributed by atoms with Crippen LogP contribution in [0.3, 0.4) is 0 Å². The Morgan fingerprint density at radius 1 is 1.30 bits per heavy atom. The van der Waals surface area contributed by atoms with E-state index in [1.54, 1.807) is 33.5 Å². The third-order valence-electron chi connectivity index (χ3n) is 2.69. The molecule has 0 aromatic heterocycles. The molecule has 0 atom stereocenters. The molecule has 0 fully saturated rings. The van der Waals surface area contributed by atoms with Crippen molar-refractivity contribution in [2.75, 3.05) is 19.4 Å². The van der Waals surface area contributed by atoms with Crippen molar-refractivity contribution < 1.29 is 14.3 Å². The number of esters is 1. The molecule has 116 valence electrons. The number of carbonyl (C=O) groups excluding carboxylic acids is 2. The van der Waals surface area contributed by atoms with E-state index in [4.69, 9.17) is 4.74 Å². The molecule has 0 rings (SSSR count). The van der Waals surface area contributed by atoms with Gasteiger partial charge in [0.05, 0.1) is 6.61 Å². The molecule has 0 aliphatic heterocycles. The summed E-state index contributed by atoms with van der Waals surface area (Å²) < 4.78 is 5.22. The van der Waals surface area contributed by atoms with Gasteiger partial charge in [0, 0.05) is 36.2 Å². The number of unbranched alkanes of at least 4 members (excludes halogenated alkanes) is 1. The van der Waals surface area contributed by atoms with E-state index in [0.29, 0.717) is 19.4 Å². The molecule has 6 heteroatoms. The van der Waals surface area contributed by atoms with Crippen LogP contribution in [-0.4, -0.2) is 36.7 Å². The summed E-state index contributed by atoms with van der Waals surface area (Å²) in [6.45, 7) is 6.41. The van der Waals surface area contributed by atoms with Crippen molar-refractivity contribution in [1.82, 2.24) is 4.90 Å². The topological polar surface area (TPSA) is 46.6 Å². The lowest BCUT2D eigenvalue weighted by atomic mass is 10.2. The van der Waals surface area contributed by atoms with Crippen molar-refractivity contribution >= 4 is 34.0 Å². The van der Waals surface area contributed by atoms with Crippen LogP contribution in [-0.2, 0) is 14.3 Å². The number of amides is 1. The summed E-state index contributed by atoms with van der Waals surface area (Å²) in [5.74, 6) is 0.850. The number of nitrogens with zero attached hydrogens (tertiary/aromatic N) is 1. The van der Waals surface area contributed by atoms with E-state index in [1.807, 2.05) is 13.8 Å². The van der Waals surface area contributed by atoms with Gasteiger partial charge in [-0.3, -0.25) is 9.59 Å². The highest BCUT2D eigenvalue weighted by atomic mass is 33.1. The average Bonchev–Trinajstić information content (AvgIpc) is 2.46. The Balaban J connectivity index is 4.37. The van der Waals surface area contributed by atoms with Crippen LogP contribution in [0.15, 0.2) is 10.6 Å². The summed E-state index contributed by atoms with van der Waals surface area (Å²) >= 11 is 0. The first-order valence-electron chi connectivity index (χ1n) is 6.89. The van der Waals surface area contributed by atoms with Crippen LogP contribution in [0.2, 0.25) is 0 Å². The zero-order chi connectivity index (χ0) is 15.4. The Hall–Kier alpha value is -0.620. The lowest BCUT2D eigenvalue weighted by molar-refractivity contribution is -0.143. The molecular formula is C14H25NO3S2. The van der Waals surface area contributed by atoms with Crippen LogP contribution in [0.4, 0.5) is 0 Å². The monoisotopic (exact) mass is 319 g/mol. The standard InChI is InChI=1S/C14H25NO3S2/c1-5-7-8-14(17)18-10-9-13(20-19-6-2)12(3)15(4)11-16/h11H,5-10H2,1-4H3/b13-12-. The summed E-state index contributed by atoms with van der Waals surface area (Å²) in [6.07, 6.45) is 3.79. The van der Waals surface area contributed by atoms with Gasteiger partial charge in [0.15, 0.2) is 0 Å². The SMILES string of the molecule is CCCCC(=O)OCC/C(SSCC)=C(\C)N(C)C=O. The first-order chi connectivity index (χ1) is 9.56. The Bertz CT molecular complexity index is 332. The lowest BCUT2D eigenvalue weighted by Gasteiger charge is -2.17. The second-order valence-electron chi connectivity index (χ2n) is 4.29. The van der Waals surface area contributed by atoms with Crippen LogP contribution < -0.4 is 0 Å². The van der Waals surface area contributed by atoms with Crippen molar-refractivity contribution in [3.05, 3.63) is 10.6 Å². The Morgan fingerprint density at radius 3 is 2.55 bits per heavy atom. The molecule has 0 aromatic carbocycles. The van der Waals surface area contributed by atoms with E-state index in [2.05, 4.69) is 6.92 Å². The number of rotatable bonds is 11. The second kappa shape index (κ2) is 12.1. The summed E-state index contributed by atoms with van der Waals surface area (Å²) in [5.41, 5.74) is 0.913. The average molecular weight is 319 g/mol. The van der Waals surface area contributed by atoms with Gasteiger partial charge >= 0.3 is 5.97 Å². The summed E-state index contributed by atoms with van der Waals surface area (Å²) in [6, 6.07) is 0. The molecule has 0 heterocycles. The van der Waals surface area contributed by atoms with Crippen LogP contribution in [0, 0.1) is 0 Å². The zero-order valence-electron chi connectivity index (χ0n) is 12.8. The van der Waals surface area contributed by atoms with Crippen molar-refractivity contribution in [3.63, 3.8) is 0 Å². The van der Waals surface area contributed by atoms with Gasteiger partial charge in [0.2, 0.25) is 6.41 Å². The summed E-state index contributed by atoms with van der Waals surface area (Å²) in [5, 5.41) is 0. The van der Waals surface area contributed by atoms with E-state index >= 15 is 0 Å². The Morgan fingerprint density at radius 2 is 2.00 bits per heavy atom. The molecule has 0 spiro atoms. The normalized spacial score (nSPS) is 11.8. The molecule has 0 unspecified atom stereocenters. The lowest BCUT2D eigenvalue weighted by Crippen LogP contribution is -2.15. The molecular weight excluding hydrogens is 294 g/mol. The van der Waals surface area contributed by atoms with Crippen molar-refractivity contribution in [1.29, 1.82) is 0 Å². The van der Waals surface area contributed by atoms with E-state index < -0.39 is 0 Å². The highest BCUT2D eigenvalue weighted by molar-refractivity contribution is 8.78. The molecule has 0 aliphatic rings. The minimum atomic E-state index is -0.138. The largest absolute Gasteiger partial charge is 0.465 e. The second-order valence-corrected chi connectivity index (χ2v) is 6.97. The van der Waals surface area contributed by atoms with E-state index in [0.717, 1.165) is 35.6 Å². The van der Waals surface area contributed by atoms with Gasteiger partial charge in [0.1, 0.15) is 0 Å². The molecule has 20 heavy (non-hydrogen) atoms. The first-order valence-corrected chi connectivity index (χ1v) is 9.21. The third kappa shape index (κ3) is 8.53. The fraction of sp³-hybridized carbons (Fsp3) is 0.714. The number of carbonyl (C=O) groups is 2. The predicted octanol–water partition coefficient (Wildman–Crippen LogP) is 3.83. The van der Waals surface area contributed by atoms with Crippen LogP contribution in [0.5, 0.6) is 0 Å². The van der Waals surface area contributed by atoms with Gasteiger partial charge in [0.25, 0.3) is 0 Å². The molecule has 0 N–H and O–H groups in total. The maximum Gasteiger partial charge on any atom is 0.305 e. The maximum atomic E-state index is 11.4. The van der Waals surface area contributed by atoms with Crippen molar-refractivity contribution in [2.45, 2.75) is 46.5 Å². The fourth-order valence-electron chi connectivity index (χ4n) is 1.34. The minimum Gasteiger partial charge on any atom is -0.465 e. The highest BCUT2D eigenvalue weighted by Gasteiger charge is 2.09. The van der Waals surface area contributed by atoms with Gasteiger partial charge in [-0.15, -0.1) is 0 Å². The van der Waals surface area contributed by atoms with Crippen LogP contribution in [0.25, 0.3) is 0 Å². The molecule has 0 aromatic rings. The van der Waals surface area contributed by atoms with Crippen molar-refractivity contribution in [2.24, 2.45) is 0 Å². The number of allylic oxidation sites excluding steroid dienone is 1. The van der Waals surface area contributed by atoms with E-state index in [9.17, 15) is 9.59 Å². The fourth-order valence-corrected chi connectivity index (χ4v) is 3.42. The van der Waals surface area contributed by atoms with Crippen molar-refractivity contribution in [3.8, 4) is 0 Å². The molecule has 4 nitrogen and oxygen atoms in total. The molecule has 1 amide bonds.